The topological polar surface area (TPSA) is 101 Å². The first kappa shape index (κ1) is 12.3. The van der Waals surface area contributed by atoms with E-state index in [9.17, 15) is 13.2 Å². The number of carboxylic acid groups (broad SMARTS) is 1. The first-order chi connectivity index (χ1) is 5.75. The third-order valence-electron chi connectivity index (χ3n) is 1.64. The van der Waals surface area contributed by atoms with Gasteiger partial charge in [-0.1, -0.05) is 0 Å². The Labute approximate surface area is 77.4 Å². The molecule has 0 amide bonds. The number of nitrogens with zero attached hydrogens (tertiary/aromatic N) is 1. The number of sulfonamides is 1. The lowest BCUT2D eigenvalue weighted by Gasteiger charge is -2.14. The minimum atomic E-state index is -3.24. The van der Waals surface area contributed by atoms with Crippen LogP contribution in [0.25, 0.3) is 0 Å². The Morgan fingerprint density at radius 3 is 2.38 bits per heavy atom. The normalized spacial score (nSPS) is 14.5. The van der Waals surface area contributed by atoms with E-state index in [1.54, 1.807) is 0 Å². The largest absolute Gasteiger partial charge is 0.480 e. The molecule has 1 atom stereocenters. The summed E-state index contributed by atoms with van der Waals surface area (Å²) >= 11 is 0. The molecule has 78 valence electrons. The fourth-order valence-electron chi connectivity index (χ4n) is 0.610. The lowest BCUT2D eigenvalue weighted by atomic mass is 10.2. The summed E-state index contributed by atoms with van der Waals surface area (Å²) in [5.41, 5.74) is 5.19. The summed E-state index contributed by atoms with van der Waals surface area (Å²) in [4.78, 5) is 10.3. The van der Waals surface area contributed by atoms with Gasteiger partial charge in [-0.25, -0.2) is 12.7 Å². The van der Waals surface area contributed by atoms with E-state index in [0.29, 0.717) is 0 Å². The van der Waals surface area contributed by atoms with Gasteiger partial charge in [-0.3, -0.25) is 4.79 Å². The molecule has 0 fully saturated rings. The predicted octanol–water partition coefficient (Wildman–Crippen LogP) is -1.32. The molecule has 0 spiro atoms. The molecule has 0 aliphatic carbocycles. The van der Waals surface area contributed by atoms with E-state index in [0.717, 1.165) is 10.6 Å². The molecule has 0 aromatic heterocycles. The summed E-state index contributed by atoms with van der Waals surface area (Å²) in [6, 6.07) is -1.01. The third-order valence-corrected chi connectivity index (χ3v) is 2.95. The highest BCUT2D eigenvalue weighted by molar-refractivity contribution is 7.88. The van der Waals surface area contributed by atoms with Crippen molar-refractivity contribution in [3.05, 3.63) is 0 Å². The molecule has 0 unspecified atom stereocenters. The molecule has 0 saturated carbocycles. The van der Waals surface area contributed by atoms with Gasteiger partial charge < -0.3 is 10.8 Å². The Hall–Kier alpha value is -0.660. The van der Waals surface area contributed by atoms with Crippen molar-refractivity contribution in [3.8, 4) is 0 Å². The van der Waals surface area contributed by atoms with Gasteiger partial charge >= 0.3 is 5.97 Å². The van der Waals surface area contributed by atoms with E-state index in [1.165, 1.54) is 7.05 Å². The molecule has 0 aromatic rings. The zero-order chi connectivity index (χ0) is 10.6. The summed E-state index contributed by atoms with van der Waals surface area (Å²) in [6.45, 7) is 0.117. The minimum Gasteiger partial charge on any atom is -0.480 e. The van der Waals surface area contributed by atoms with Crippen LogP contribution < -0.4 is 5.73 Å². The maximum Gasteiger partial charge on any atom is 0.320 e. The van der Waals surface area contributed by atoms with Crippen molar-refractivity contribution in [2.75, 3.05) is 19.8 Å². The van der Waals surface area contributed by atoms with Crippen LogP contribution in [0, 0.1) is 0 Å². The number of nitrogens with two attached hydrogens (primary N) is 1. The van der Waals surface area contributed by atoms with Crippen molar-refractivity contribution in [2.45, 2.75) is 12.5 Å². The Morgan fingerprint density at radius 1 is 1.62 bits per heavy atom. The molecule has 3 N–H and O–H groups in total. The number of hydrogen-bond acceptors (Lipinski definition) is 4. The van der Waals surface area contributed by atoms with E-state index >= 15 is 0 Å². The molecule has 0 heterocycles. The SMILES string of the molecule is CN(CC[C@H](N)C(=O)O)S(C)(=O)=O. The summed E-state index contributed by atoms with van der Waals surface area (Å²) < 4.78 is 22.8. The van der Waals surface area contributed by atoms with Gasteiger partial charge in [0.1, 0.15) is 6.04 Å². The van der Waals surface area contributed by atoms with Gasteiger partial charge in [-0.05, 0) is 6.42 Å². The van der Waals surface area contributed by atoms with Crippen LogP contribution in [0.2, 0.25) is 0 Å². The van der Waals surface area contributed by atoms with Crippen LogP contribution in [-0.2, 0) is 14.8 Å². The standard InChI is InChI=1S/C6H14N2O4S/c1-8(13(2,11)12)4-3-5(7)6(9)10/h5H,3-4,7H2,1-2H3,(H,9,10)/t5-/m0/s1. The van der Waals surface area contributed by atoms with Crippen LogP contribution in [0.3, 0.4) is 0 Å². The smallest absolute Gasteiger partial charge is 0.320 e. The Kier molecular flexibility index (Phi) is 4.31. The maximum absolute atomic E-state index is 10.9. The molecule has 13 heavy (non-hydrogen) atoms. The van der Waals surface area contributed by atoms with Crippen LogP contribution in [0.4, 0.5) is 0 Å². The average Bonchev–Trinajstić information content (AvgIpc) is 1.97. The van der Waals surface area contributed by atoms with E-state index in [-0.39, 0.29) is 13.0 Å². The van der Waals surface area contributed by atoms with E-state index in [1.807, 2.05) is 0 Å². The lowest BCUT2D eigenvalue weighted by molar-refractivity contribution is -0.138. The van der Waals surface area contributed by atoms with Crippen LogP contribution in [-0.4, -0.2) is 49.7 Å². The highest BCUT2D eigenvalue weighted by atomic mass is 32.2. The first-order valence-electron chi connectivity index (χ1n) is 3.65. The Balaban J connectivity index is 3.98. The fraction of sp³-hybridized carbons (Fsp3) is 0.833. The van der Waals surface area contributed by atoms with E-state index in [2.05, 4.69) is 0 Å². The molecular weight excluding hydrogens is 196 g/mol. The summed E-state index contributed by atoms with van der Waals surface area (Å²) in [5, 5.41) is 8.40. The van der Waals surface area contributed by atoms with Gasteiger partial charge in [0.05, 0.1) is 6.26 Å². The van der Waals surface area contributed by atoms with Crippen molar-refractivity contribution in [1.82, 2.24) is 4.31 Å². The Morgan fingerprint density at radius 2 is 2.08 bits per heavy atom. The van der Waals surface area contributed by atoms with Crippen molar-refractivity contribution < 1.29 is 18.3 Å². The number of hydrogen-bond donors (Lipinski definition) is 2. The minimum absolute atomic E-state index is 0.110. The summed E-state index contributed by atoms with van der Waals surface area (Å²) in [6.07, 6.45) is 1.16. The molecule has 7 heteroatoms. The second-order valence-corrected chi connectivity index (χ2v) is 4.91. The monoisotopic (exact) mass is 210 g/mol. The zero-order valence-electron chi connectivity index (χ0n) is 7.60. The highest BCUT2D eigenvalue weighted by Gasteiger charge is 2.15. The molecule has 0 bridgehead atoms. The highest BCUT2D eigenvalue weighted by Crippen LogP contribution is 1.97. The van der Waals surface area contributed by atoms with Gasteiger partial charge in [0, 0.05) is 13.6 Å². The number of aliphatic carboxylic acids is 1. The molecule has 6 nitrogen and oxygen atoms in total. The van der Waals surface area contributed by atoms with Crippen molar-refractivity contribution in [2.24, 2.45) is 5.73 Å². The second-order valence-electron chi connectivity index (χ2n) is 2.82. The van der Waals surface area contributed by atoms with Crippen LogP contribution in [0.15, 0.2) is 0 Å². The van der Waals surface area contributed by atoms with E-state index in [4.69, 9.17) is 10.8 Å². The third kappa shape index (κ3) is 4.81. The second kappa shape index (κ2) is 4.54. The van der Waals surface area contributed by atoms with Gasteiger partial charge in [-0.2, -0.15) is 0 Å². The summed E-state index contributed by atoms with van der Waals surface area (Å²) in [7, 11) is -1.86. The van der Waals surface area contributed by atoms with Crippen LogP contribution in [0.1, 0.15) is 6.42 Å². The molecule has 0 aromatic carbocycles. The number of carbonyl (C=O) groups is 1. The van der Waals surface area contributed by atoms with Gasteiger partial charge in [0.15, 0.2) is 0 Å². The fourth-order valence-corrected chi connectivity index (χ4v) is 1.05. The molecule has 0 aliphatic heterocycles. The van der Waals surface area contributed by atoms with Crippen LogP contribution in [0.5, 0.6) is 0 Å². The number of carboxylic acids is 1. The predicted molar refractivity (Wildman–Crippen MR) is 47.7 cm³/mol. The van der Waals surface area contributed by atoms with Gasteiger partial charge in [0.25, 0.3) is 0 Å². The zero-order valence-corrected chi connectivity index (χ0v) is 8.41. The van der Waals surface area contributed by atoms with Crippen molar-refractivity contribution in [3.63, 3.8) is 0 Å². The quantitative estimate of drug-likeness (QED) is 0.586. The average molecular weight is 210 g/mol. The van der Waals surface area contributed by atoms with Crippen LogP contribution >= 0.6 is 0 Å². The molecule has 0 rings (SSSR count). The van der Waals surface area contributed by atoms with E-state index < -0.39 is 22.0 Å². The van der Waals surface area contributed by atoms with Crippen molar-refractivity contribution >= 4 is 16.0 Å². The molecular formula is C6H14N2O4S. The van der Waals surface area contributed by atoms with Gasteiger partial charge in [0.2, 0.25) is 10.0 Å². The Bertz CT molecular complexity index is 274. The van der Waals surface area contributed by atoms with Crippen molar-refractivity contribution in [1.29, 1.82) is 0 Å². The van der Waals surface area contributed by atoms with Gasteiger partial charge in [-0.15, -0.1) is 0 Å². The number of rotatable bonds is 5. The lowest BCUT2D eigenvalue weighted by Crippen LogP contribution is -2.36. The molecule has 0 saturated heterocycles. The molecule has 0 radical (unpaired) electrons. The maximum atomic E-state index is 10.9. The first-order valence-corrected chi connectivity index (χ1v) is 5.49. The molecule has 0 aliphatic rings. The summed E-state index contributed by atoms with van der Waals surface area (Å²) in [5.74, 6) is -1.12.